The highest BCUT2D eigenvalue weighted by atomic mass is 32.1. The van der Waals surface area contributed by atoms with Crippen molar-refractivity contribution in [1.82, 2.24) is 9.36 Å². The van der Waals surface area contributed by atoms with Gasteiger partial charge in [-0.05, 0) is 29.3 Å². The molecular weight excluding hydrogens is 337 g/mol. The third-order valence-corrected chi connectivity index (χ3v) is 4.77. The van der Waals surface area contributed by atoms with Crippen LogP contribution in [0.4, 0.5) is 9.52 Å². The van der Waals surface area contributed by atoms with E-state index in [1.807, 2.05) is 36.4 Å². The highest BCUT2D eigenvalue weighted by Gasteiger charge is 2.21. The SMILES string of the molecule is CC(C)(CNc1nc(-c2cccc(CO)c2)ns1)c1ccc(F)cc1. The van der Waals surface area contributed by atoms with Gasteiger partial charge >= 0.3 is 0 Å². The van der Waals surface area contributed by atoms with Gasteiger partial charge in [-0.1, -0.05) is 44.2 Å². The Labute approximate surface area is 150 Å². The van der Waals surface area contributed by atoms with Crippen molar-refractivity contribution in [3.05, 3.63) is 65.5 Å². The molecule has 1 heterocycles. The van der Waals surface area contributed by atoms with Gasteiger partial charge in [0.1, 0.15) is 5.82 Å². The smallest absolute Gasteiger partial charge is 0.202 e. The lowest BCUT2D eigenvalue weighted by Crippen LogP contribution is -2.27. The Bertz CT molecular complexity index is 846. The highest BCUT2D eigenvalue weighted by molar-refractivity contribution is 7.09. The fraction of sp³-hybridized carbons (Fsp3) is 0.263. The second-order valence-corrected chi connectivity index (χ2v) is 7.28. The lowest BCUT2D eigenvalue weighted by Gasteiger charge is -2.25. The number of hydrogen-bond donors (Lipinski definition) is 2. The number of aliphatic hydroxyl groups excluding tert-OH is 1. The lowest BCUT2D eigenvalue weighted by molar-refractivity contribution is 0.282. The molecule has 0 amide bonds. The number of hydrogen-bond acceptors (Lipinski definition) is 5. The number of anilines is 1. The van der Waals surface area contributed by atoms with Crippen molar-refractivity contribution < 1.29 is 9.50 Å². The average molecular weight is 357 g/mol. The predicted octanol–water partition coefficient (Wildman–Crippen LogP) is 4.23. The Kier molecular flexibility index (Phi) is 5.11. The summed E-state index contributed by atoms with van der Waals surface area (Å²) in [4.78, 5) is 4.52. The van der Waals surface area contributed by atoms with Gasteiger partial charge in [0.05, 0.1) is 6.61 Å². The monoisotopic (exact) mass is 357 g/mol. The van der Waals surface area contributed by atoms with Crippen LogP contribution in [0.15, 0.2) is 48.5 Å². The zero-order valence-corrected chi connectivity index (χ0v) is 15.0. The van der Waals surface area contributed by atoms with Crippen LogP contribution in [0.5, 0.6) is 0 Å². The van der Waals surface area contributed by atoms with E-state index in [1.165, 1.54) is 23.7 Å². The van der Waals surface area contributed by atoms with Crippen LogP contribution in [0, 0.1) is 5.82 Å². The average Bonchev–Trinajstić information content (AvgIpc) is 3.10. The molecule has 0 radical (unpaired) electrons. The molecule has 0 aliphatic heterocycles. The van der Waals surface area contributed by atoms with Gasteiger partial charge in [-0.2, -0.15) is 9.36 Å². The molecule has 1 aromatic heterocycles. The summed E-state index contributed by atoms with van der Waals surface area (Å²) >= 11 is 1.30. The molecule has 4 nitrogen and oxygen atoms in total. The Balaban J connectivity index is 1.70. The zero-order valence-electron chi connectivity index (χ0n) is 14.2. The number of nitrogens with zero attached hydrogens (tertiary/aromatic N) is 2. The first-order chi connectivity index (χ1) is 12.0. The quantitative estimate of drug-likeness (QED) is 0.693. The lowest BCUT2D eigenvalue weighted by atomic mass is 9.85. The first-order valence-corrected chi connectivity index (χ1v) is 8.79. The number of aromatic nitrogens is 2. The summed E-state index contributed by atoms with van der Waals surface area (Å²) in [6, 6.07) is 14.1. The van der Waals surface area contributed by atoms with Crippen molar-refractivity contribution in [3.8, 4) is 11.4 Å². The molecule has 2 aromatic carbocycles. The van der Waals surface area contributed by atoms with Gasteiger partial charge in [0, 0.05) is 29.1 Å². The standard InChI is InChI=1S/C19H20FN3OS/c1-19(2,15-6-8-16(20)9-7-15)12-21-18-22-17(23-25-18)14-5-3-4-13(10-14)11-24/h3-10,24H,11-12H2,1-2H3,(H,21,22,23). The maximum atomic E-state index is 13.1. The van der Waals surface area contributed by atoms with Gasteiger partial charge in [-0.3, -0.25) is 0 Å². The molecule has 0 bridgehead atoms. The summed E-state index contributed by atoms with van der Waals surface area (Å²) in [5.74, 6) is 0.411. The van der Waals surface area contributed by atoms with Crippen LogP contribution in [0.2, 0.25) is 0 Å². The third-order valence-electron chi connectivity index (χ3n) is 4.10. The predicted molar refractivity (Wildman–Crippen MR) is 99.2 cm³/mol. The maximum Gasteiger partial charge on any atom is 0.202 e. The van der Waals surface area contributed by atoms with Gasteiger partial charge in [-0.25, -0.2) is 4.39 Å². The second-order valence-electron chi connectivity index (χ2n) is 6.53. The number of aliphatic hydroxyl groups is 1. The minimum atomic E-state index is -0.230. The van der Waals surface area contributed by atoms with E-state index in [9.17, 15) is 9.50 Å². The van der Waals surface area contributed by atoms with Crippen LogP contribution < -0.4 is 5.32 Å². The van der Waals surface area contributed by atoms with E-state index >= 15 is 0 Å². The number of nitrogens with one attached hydrogen (secondary N) is 1. The van der Waals surface area contributed by atoms with Crippen molar-refractivity contribution in [2.75, 3.05) is 11.9 Å². The van der Waals surface area contributed by atoms with Crippen LogP contribution in [0.1, 0.15) is 25.0 Å². The van der Waals surface area contributed by atoms with E-state index in [0.29, 0.717) is 12.4 Å². The molecule has 0 atom stereocenters. The summed E-state index contributed by atoms with van der Waals surface area (Å²) in [6.07, 6.45) is 0. The minimum absolute atomic E-state index is 0.00502. The molecule has 25 heavy (non-hydrogen) atoms. The van der Waals surface area contributed by atoms with E-state index in [0.717, 1.165) is 21.8 Å². The van der Waals surface area contributed by atoms with Gasteiger partial charge in [0.15, 0.2) is 5.82 Å². The number of rotatable bonds is 6. The van der Waals surface area contributed by atoms with Gasteiger partial charge < -0.3 is 10.4 Å². The van der Waals surface area contributed by atoms with Crippen LogP contribution in [-0.2, 0) is 12.0 Å². The minimum Gasteiger partial charge on any atom is -0.392 e. The Morgan fingerprint density at radius 1 is 1.16 bits per heavy atom. The molecular formula is C19H20FN3OS. The summed E-state index contributed by atoms with van der Waals surface area (Å²) in [7, 11) is 0. The molecule has 0 aliphatic rings. The summed E-state index contributed by atoms with van der Waals surface area (Å²) in [6.45, 7) is 4.85. The Morgan fingerprint density at radius 3 is 2.64 bits per heavy atom. The Hall–Kier alpha value is -2.31. The van der Waals surface area contributed by atoms with Crippen molar-refractivity contribution in [2.45, 2.75) is 25.9 Å². The van der Waals surface area contributed by atoms with Crippen molar-refractivity contribution in [1.29, 1.82) is 0 Å². The number of halogens is 1. The molecule has 3 aromatic rings. The molecule has 3 rings (SSSR count). The fourth-order valence-corrected chi connectivity index (χ4v) is 3.10. The highest BCUT2D eigenvalue weighted by Crippen LogP contribution is 2.26. The van der Waals surface area contributed by atoms with E-state index in [1.54, 1.807) is 0 Å². The van der Waals surface area contributed by atoms with E-state index < -0.39 is 0 Å². The molecule has 0 saturated heterocycles. The van der Waals surface area contributed by atoms with Crippen molar-refractivity contribution >= 4 is 16.7 Å². The first-order valence-electron chi connectivity index (χ1n) is 8.02. The molecule has 130 valence electrons. The van der Waals surface area contributed by atoms with Crippen molar-refractivity contribution in [2.24, 2.45) is 0 Å². The summed E-state index contributed by atoms with van der Waals surface area (Å²) < 4.78 is 17.5. The van der Waals surface area contributed by atoms with Crippen LogP contribution in [0.3, 0.4) is 0 Å². The third kappa shape index (κ3) is 4.21. The van der Waals surface area contributed by atoms with Gasteiger partial charge in [0.2, 0.25) is 5.13 Å². The normalized spacial score (nSPS) is 11.5. The van der Waals surface area contributed by atoms with Crippen molar-refractivity contribution in [3.63, 3.8) is 0 Å². The van der Waals surface area contributed by atoms with Gasteiger partial charge in [0.25, 0.3) is 0 Å². The van der Waals surface area contributed by atoms with Gasteiger partial charge in [-0.15, -0.1) is 0 Å². The van der Waals surface area contributed by atoms with E-state index in [2.05, 4.69) is 28.5 Å². The molecule has 0 unspecified atom stereocenters. The second kappa shape index (κ2) is 7.29. The summed E-state index contributed by atoms with van der Waals surface area (Å²) in [5, 5.41) is 13.3. The van der Waals surface area contributed by atoms with Crippen LogP contribution in [-0.4, -0.2) is 21.0 Å². The van der Waals surface area contributed by atoms with E-state index in [4.69, 9.17) is 0 Å². The maximum absolute atomic E-state index is 13.1. The van der Waals surface area contributed by atoms with E-state index in [-0.39, 0.29) is 17.8 Å². The van der Waals surface area contributed by atoms with Crippen LogP contribution in [0.25, 0.3) is 11.4 Å². The Morgan fingerprint density at radius 2 is 1.92 bits per heavy atom. The molecule has 2 N–H and O–H groups in total. The molecule has 0 saturated carbocycles. The fourth-order valence-electron chi connectivity index (χ4n) is 2.52. The first kappa shape index (κ1) is 17.5. The topological polar surface area (TPSA) is 58.0 Å². The largest absolute Gasteiger partial charge is 0.392 e. The molecule has 0 aliphatic carbocycles. The zero-order chi connectivity index (χ0) is 17.9. The van der Waals surface area contributed by atoms with Crippen LogP contribution >= 0.6 is 11.5 Å². The summed E-state index contributed by atoms with van der Waals surface area (Å²) in [5.41, 5.74) is 2.60. The molecule has 6 heteroatoms. The molecule has 0 fully saturated rings. The number of benzene rings is 2. The molecule has 0 spiro atoms.